The zero-order valence-electron chi connectivity index (χ0n) is 26.0. The minimum absolute atomic E-state index is 0.101. The van der Waals surface area contributed by atoms with Crippen LogP contribution >= 0.6 is 0 Å². The maximum Gasteiger partial charge on any atom is 0.407 e. The molecule has 10 nitrogen and oxygen atoms in total. The minimum atomic E-state index is -0.580. The van der Waals surface area contributed by atoms with Crippen LogP contribution in [0.3, 0.4) is 0 Å². The number of nitrogens with one attached hydrogen (secondary N) is 2. The van der Waals surface area contributed by atoms with Gasteiger partial charge in [-0.3, -0.25) is 9.59 Å². The lowest BCUT2D eigenvalue weighted by molar-refractivity contribution is 0.0508. The van der Waals surface area contributed by atoms with Crippen molar-refractivity contribution in [3.8, 4) is 17.2 Å². The zero-order valence-corrected chi connectivity index (χ0v) is 26.0. The topological polar surface area (TPSA) is 105 Å². The Kier molecular flexibility index (Phi) is 7.40. The number of aromatic nitrogens is 1. The second kappa shape index (κ2) is 11.4. The number of carbonyl (C=O) groups excluding carboxylic acids is 2. The monoisotopic (exact) mass is 609 g/mol. The summed E-state index contributed by atoms with van der Waals surface area (Å²) in [5.74, 6) is 0.827. The standard InChI is InChI=1S/C35H39N5O5/c1-35(2,3)45-34(43)37-24-12-16-39(20-24)27-11-10-25-30-32(27)44-29-19-23-9-5-4-8-22(23)18-28(29)40(30)21-26(31(25)41)33(42)36-13-17-38-14-6-7-15-38/h4-5,8-11,18-19,21,24H,6-7,12-17,20H2,1-3H3,(H,36,42)(H,37,43). The van der Waals surface area contributed by atoms with Crippen LogP contribution in [-0.4, -0.2) is 72.4 Å². The SMILES string of the molecule is CC(C)(C)OC(=O)NC1CCN(c2ccc3c(=O)c(C(=O)NCCN4CCCC4)cn4c3c2Oc2cc3ccccc3cc2-4)C1. The van der Waals surface area contributed by atoms with E-state index < -0.39 is 11.7 Å². The van der Waals surface area contributed by atoms with E-state index in [4.69, 9.17) is 9.47 Å². The lowest BCUT2D eigenvalue weighted by Gasteiger charge is -2.29. The average Bonchev–Trinajstić information content (AvgIpc) is 3.69. The molecule has 234 valence electrons. The smallest absolute Gasteiger partial charge is 0.407 e. The number of fused-ring (bicyclic) bond motifs is 3. The van der Waals surface area contributed by atoms with Gasteiger partial charge >= 0.3 is 6.09 Å². The van der Waals surface area contributed by atoms with Crippen LogP contribution in [0.25, 0.3) is 27.4 Å². The van der Waals surface area contributed by atoms with Crippen LogP contribution in [0.5, 0.6) is 11.5 Å². The number of anilines is 1. The molecule has 45 heavy (non-hydrogen) atoms. The van der Waals surface area contributed by atoms with Crippen LogP contribution in [0, 0.1) is 0 Å². The van der Waals surface area contributed by atoms with Gasteiger partial charge in [0.2, 0.25) is 5.43 Å². The van der Waals surface area contributed by atoms with E-state index in [1.165, 1.54) is 12.8 Å². The number of amides is 2. The molecule has 0 spiro atoms. The molecule has 0 aliphatic carbocycles. The van der Waals surface area contributed by atoms with E-state index in [2.05, 4.69) is 20.4 Å². The van der Waals surface area contributed by atoms with Gasteiger partial charge in [-0.05, 0) is 88.2 Å². The maximum atomic E-state index is 13.9. The first-order valence-electron chi connectivity index (χ1n) is 15.8. The number of rotatable bonds is 6. The molecule has 10 heteroatoms. The van der Waals surface area contributed by atoms with Crippen molar-refractivity contribution in [2.75, 3.05) is 44.2 Å². The third kappa shape index (κ3) is 5.70. The van der Waals surface area contributed by atoms with Gasteiger partial charge in [-0.25, -0.2) is 4.79 Å². The van der Waals surface area contributed by atoms with Gasteiger partial charge < -0.3 is 34.5 Å². The van der Waals surface area contributed by atoms with E-state index in [0.717, 1.165) is 48.2 Å². The van der Waals surface area contributed by atoms with E-state index in [9.17, 15) is 14.4 Å². The lowest BCUT2D eigenvalue weighted by atomic mass is 10.0. The molecule has 0 saturated carbocycles. The third-order valence-electron chi connectivity index (χ3n) is 8.80. The number of carbonyl (C=O) groups is 2. The number of hydrogen-bond donors (Lipinski definition) is 2. The summed E-state index contributed by atoms with van der Waals surface area (Å²) in [4.78, 5) is 44.3. The van der Waals surface area contributed by atoms with Gasteiger partial charge in [0, 0.05) is 32.4 Å². The molecule has 1 unspecified atom stereocenters. The van der Waals surface area contributed by atoms with Gasteiger partial charge in [-0.2, -0.15) is 0 Å². The molecule has 3 aliphatic heterocycles. The fraction of sp³-hybridized carbons (Fsp3) is 0.400. The first-order valence-corrected chi connectivity index (χ1v) is 15.8. The number of benzene rings is 3. The van der Waals surface area contributed by atoms with Crippen molar-refractivity contribution in [2.24, 2.45) is 0 Å². The van der Waals surface area contributed by atoms with Crippen LogP contribution < -0.4 is 25.7 Å². The Morgan fingerprint density at radius 3 is 2.51 bits per heavy atom. The molecule has 1 atom stereocenters. The lowest BCUT2D eigenvalue weighted by Crippen LogP contribution is -2.40. The summed E-state index contributed by atoms with van der Waals surface area (Å²) in [6, 6.07) is 15.7. The molecule has 4 aromatic rings. The summed E-state index contributed by atoms with van der Waals surface area (Å²) in [5, 5.41) is 8.44. The molecule has 2 N–H and O–H groups in total. The molecule has 3 aromatic carbocycles. The summed E-state index contributed by atoms with van der Waals surface area (Å²) in [6.45, 7) is 10.1. The Morgan fingerprint density at radius 2 is 1.76 bits per heavy atom. The van der Waals surface area contributed by atoms with Crippen LogP contribution in [0.2, 0.25) is 0 Å². The molecule has 3 aliphatic rings. The summed E-state index contributed by atoms with van der Waals surface area (Å²) in [5.41, 5.74) is 1.41. The Morgan fingerprint density at radius 1 is 1.00 bits per heavy atom. The Labute approximate surface area is 261 Å². The molecular weight excluding hydrogens is 570 g/mol. The molecule has 4 heterocycles. The quantitative estimate of drug-likeness (QED) is 0.273. The molecule has 0 radical (unpaired) electrons. The fourth-order valence-corrected chi connectivity index (χ4v) is 6.67. The first kappa shape index (κ1) is 29.2. The van der Waals surface area contributed by atoms with Crippen molar-refractivity contribution in [1.82, 2.24) is 20.1 Å². The normalized spacial score (nSPS) is 17.8. The summed E-state index contributed by atoms with van der Waals surface area (Å²) < 4.78 is 14.0. The van der Waals surface area contributed by atoms with E-state index in [1.54, 1.807) is 12.3 Å². The number of alkyl carbamates (subject to hydrolysis) is 1. The molecule has 2 amide bonds. The number of ether oxygens (including phenoxy) is 2. The highest BCUT2D eigenvalue weighted by Gasteiger charge is 2.32. The first-order chi connectivity index (χ1) is 21.6. The molecular formula is C35H39N5O5. The van der Waals surface area contributed by atoms with E-state index in [-0.39, 0.29) is 22.9 Å². The maximum absolute atomic E-state index is 13.9. The minimum Gasteiger partial charge on any atom is -0.451 e. The number of pyridine rings is 1. The van der Waals surface area contributed by atoms with Crippen molar-refractivity contribution in [1.29, 1.82) is 0 Å². The highest BCUT2D eigenvalue weighted by atomic mass is 16.6. The average molecular weight is 610 g/mol. The van der Waals surface area contributed by atoms with Gasteiger partial charge in [0.15, 0.2) is 11.5 Å². The second-order valence-corrected chi connectivity index (χ2v) is 13.2. The van der Waals surface area contributed by atoms with Gasteiger partial charge in [-0.1, -0.05) is 24.3 Å². The van der Waals surface area contributed by atoms with Crippen molar-refractivity contribution in [2.45, 2.75) is 51.7 Å². The third-order valence-corrected chi connectivity index (χ3v) is 8.80. The largest absolute Gasteiger partial charge is 0.451 e. The van der Waals surface area contributed by atoms with Crippen molar-refractivity contribution < 1.29 is 19.1 Å². The zero-order chi connectivity index (χ0) is 31.3. The van der Waals surface area contributed by atoms with Crippen molar-refractivity contribution >= 4 is 39.4 Å². The number of nitrogens with zero attached hydrogens (tertiary/aromatic N) is 3. The van der Waals surface area contributed by atoms with Gasteiger partial charge in [0.1, 0.15) is 16.7 Å². The summed E-state index contributed by atoms with van der Waals surface area (Å²) in [6.07, 6.45) is 4.33. The van der Waals surface area contributed by atoms with Gasteiger partial charge in [-0.15, -0.1) is 0 Å². The number of likely N-dealkylation sites (tertiary alicyclic amines) is 1. The Balaban J connectivity index is 1.26. The predicted molar refractivity (Wildman–Crippen MR) is 175 cm³/mol. The highest BCUT2D eigenvalue weighted by molar-refractivity contribution is 6.02. The van der Waals surface area contributed by atoms with Crippen molar-refractivity contribution in [3.05, 3.63) is 70.5 Å². The highest BCUT2D eigenvalue weighted by Crippen LogP contribution is 2.46. The van der Waals surface area contributed by atoms with E-state index in [0.29, 0.717) is 42.0 Å². The van der Waals surface area contributed by atoms with Crippen molar-refractivity contribution in [3.63, 3.8) is 0 Å². The molecule has 2 fully saturated rings. The molecule has 0 bridgehead atoms. The molecule has 2 saturated heterocycles. The van der Waals surface area contributed by atoms with Gasteiger partial charge in [0.05, 0.1) is 22.8 Å². The van der Waals surface area contributed by atoms with E-state index >= 15 is 0 Å². The van der Waals surface area contributed by atoms with Gasteiger partial charge in [0.25, 0.3) is 5.91 Å². The van der Waals surface area contributed by atoms with Crippen LogP contribution in [0.15, 0.2) is 59.5 Å². The molecule has 1 aromatic heterocycles. The van der Waals surface area contributed by atoms with Crippen LogP contribution in [-0.2, 0) is 4.74 Å². The molecule has 7 rings (SSSR count). The summed E-state index contributed by atoms with van der Waals surface area (Å²) >= 11 is 0. The number of hydrogen-bond acceptors (Lipinski definition) is 7. The van der Waals surface area contributed by atoms with E-state index in [1.807, 2.05) is 67.8 Å². The predicted octanol–water partition coefficient (Wildman–Crippen LogP) is 5.18. The Bertz CT molecular complexity index is 1870. The van der Waals surface area contributed by atoms with Crippen LogP contribution in [0.4, 0.5) is 10.5 Å². The Hall–Kier alpha value is -4.57. The summed E-state index contributed by atoms with van der Waals surface area (Å²) in [7, 11) is 0. The fourth-order valence-electron chi connectivity index (χ4n) is 6.67. The second-order valence-electron chi connectivity index (χ2n) is 13.2. The van der Waals surface area contributed by atoms with Crippen LogP contribution in [0.1, 0.15) is 50.4 Å².